The van der Waals surface area contributed by atoms with Crippen molar-refractivity contribution in [2.24, 2.45) is 0 Å². The van der Waals surface area contributed by atoms with Gasteiger partial charge in [0.15, 0.2) is 0 Å². The summed E-state index contributed by atoms with van der Waals surface area (Å²) >= 11 is 0. The molecule has 39 heavy (non-hydrogen) atoms. The van der Waals surface area contributed by atoms with Gasteiger partial charge >= 0.3 is 0 Å². The number of Topliss-reactive ketones (excluding diaryl/α,β-unsaturated/α-hetero) is 1. The lowest BCUT2D eigenvalue weighted by Crippen LogP contribution is -3.05. The smallest absolute Gasteiger partial charge is 0.295 e. The predicted molar refractivity (Wildman–Crippen MR) is 148 cm³/mol. The van der Waals surface area contributed by atoms with E-state index in [0.717, 1.165) is 17.7 Å². The molecular weight excluding hydrogens is 492 g/mol. The van der Waals surface area contributed by atoms with Gasteiger partial charge in [0.1, 0.15) is 18.1 Å². The van der Waals surface area contributed by atoms with E-state index in [1.807, 2.05) is 70.4 Å². The molecule has 1 saturated heterocycles. The normalized spacial score (nSPS) is 16.6. The summed E-state index contributed by atoms with van der Waals surface area (Å²) in [5.74, 6) is -0.464. The average molecular weight is 529 g/mol. The van der Waals surface area contributed by atoms with Crippen LogP contribution in [0.15, 0.2) is 78.4 Å². The van der Waals surface area contributed by atoms with Gasteiger partial charge < -0.3 is 24.4 Å². The third-order valence-electron chi connectivity index (χ3n) is 6.79. The number of quaternary nitrogens is 1. The van der Waals surface area contributed by atoms with Crippen LogP contribution in [-0.2, 0) is 16.2 Å². The molecule has 0 bridgehead atoms. The lowest BCUT2D eigenvalue weighted by atomic mass is 9.94. The summed E-state index contributed by atoms with van der Waals surface area (Å²) in [6.45, 7) is 5.92. The van der Waals surface area contributed by atoms with E-state index in [1.54, 1.807) is 35.2 Å². The monoisotopic (exact) mass is 528 g/mol. The van der Waals surface area contributed by atoms with Crippen molar-refractivity contribution in [3.05, 3.63) is 101 Å². The Balaban J connectivity index is 1.67. The number of amides is 1. The van der Waals surface area contributed by atoms with Crippen LogP contribution in [0.5, 0.6) is 11.5 Å². The van der Waals surface area contributed by atoms with E-state index >= 15 is 0 Å². The van der Waals surface area contributed by atoms with Crippen LogP contribution in [-0.4, -0.2) is 50.4 Å². The van der Waals surface area contributed by atoms with Crippen molar-refractivity contribution < 1.29 is 29.1 Å². The van der Waals surface area contributed by atoms with Crippen LogP contribution in [0.4, 0.5) is 0 Å². The van der Waals surface area contributed by atoms with Crippen LogP contribution in [0.3, 0.4) is 0 Å². The molecule has 0 radical (unpaired) electrons. The molecule has 0 aliphatic carbocycles. The number of benzene rings is 3. The lowest BCUT2D eigenvalue weighted by Gasteiger charge is -2.28. The fraction of sp³-hybridized carbons (Fsp3) is 0.312. The molecule has 7 nitrogen and oxygen atoms in total. The Morgan fingerprint density at radius 2 is 1.69 bits per heavy atom. The Hall–Kier alpha value is -4.10. The number of hydrogen-bond donors (Lipinski definition) is 1. The number of rotatable bonds is 11. The average Bonchev–Trinajstić information content (AvgIpc) is 3.18. The summed E-state index contributed by atoms with van der Waals surface area (Å²) < 4.78 is 11.5. The molecule has 0 aromatic heterocycles. The van der Waals surface area contributed by atoms with Crippen LogP contribution >= 0.6 is 0 Å². The maximum absolute atomic E-state index is 13.8. The highest BCUT2D eigenvalue weighted by Crippen LogP contribution is 2.39. The van der Waals surface area contributed by atoms with Gasteiger partial charge in [0, 0.05) is 18.5 Å². The first kappa shape index (κ1) is 27.9. The zero-order valence-corrected chi connectivity index (χ0v) is 23.0. The van der Waals surface area contributed by atoms with Crippen molar-refractivity contribution in [1.82, 2.24) is 4.90 Å². The van der Waals surface area contributed by atoms with Crippen molar-refractivity contribution in [3.63, 3.8) is 0 Å². The molecule has 1 heterocycles. The summed E-state index contributed by atoms with van der Waals surface area (Å²) in [6.07, 6.45) is 0.711. The standard InChI is InChI=1S/C32H36N2O5/c1-5-38-26-15-12-24(13-16-26)29-28(31(36)32(37)34(29)19-9-18-33(3)4)30(35)25-14-17-27(22(2)20-25)39-21-23-10-7-6-8-11-23/h6-8,10-17,20,29,35H,5,9,18-19,21H2,1-4H3/b30-28+. The number of nitrogens with zero attached hydrogens (tertiary/aromatic N) is 1. The van der Waals surface area contributed by atoms with Gasteiger partial charge in [-0.25, -0.2) is 0 Å². The van der Waals surface area contributed by atoms with Gasteiger partial charge in [0.05, 0.1) is 33.3 Å². The molecule has 1 atom stereocenters. The molecule has 204 valence electrons. The number of likely N-dealkylation sites (tertiary alicyclic amines) is 1. The van der Waals surface area contributed by atoms with E-state index in [2.05, 4.69) is 0 Å². The minimum Gasteiger partial charge on any atom is -0.872 e. The highest BCUT2D eigenvalue weighted by Gasteiger charge is 2.44. The molecule has 0 spiro atoms. The molecule has 1 amide bonds. The highest BCUT2D eigenvalue weighted by molar-refractivity contribution is 6.46. The quantitative estimate of drug-likeness (QED) is 0.235. The van der Waals surface area contributed by atoms with E-state index in [9.17, 15) is 14.7 Å². The number of ketones is 1. The Kier molecular flexibility index (Phi) is 9.04. The van der Waals surface area contributed by atoms with E-state index < -0.39 is 23.5 Å². The van der Waals surface area contributed by atoms with Gasteiger partial charge in [-0.3, -0.25) is 9.59 Å². The van der Waals surface area contributed by atoms with Gasteiger partial charge in [-0.15, -0.1) is 0 Å². The number of carbonyl (C=O) groups is 2. The second-order valence-corrected chi connectivity index (χ2v) is 10.0. The summed E-state index contributed by atoms with van der Waals surface area (Å²) in [5.41, 5.74) is 2.86. The first-order chi connectivity index (χ1) is 18.8. The molecule has 7 heteroatoms. The Morgan fingerprint density at radius 1 is 0.974 bits per heavy atom. The second-order valence-electron chi connectivity index (χ2n) is 10.0. The topological polar surface area (TPSA) is 83.3 Å². The zero-order chi connectivity index (χ0) is 27.9. The van der Waals surface area contributed by atoms with Gasteiger partial charge in [-0.1, -0.05) is 54.3 Å². The predicted octanol–water partition coefficient (Wildman–Crippen LogP) is 2.73. The van der Waals surface area contributed by atoms with E-state index in [4.69, 9.17) is 9.47 Å². The lowest BCUT2D eigenvalue weighted by molar-refractivity contribution is -0.858. The summed E-state index contributed by atoms with van der Waals surface area (Å²) in [4.78, 5) is 29.2. The number of ether oxygens (including phenoxy) is 2. The molecular formula is C32H36N2O5. The third-order valence-corrected chi connectivity index (χ3v) is 6.79. The van der Waals surface area contributed by atoms with Crippen LogP contribution in [0.1, 0.15) is 41.6 Å². The third kappa shape index (κ3) is 6.49. The molecule has 0 saturated carbocycles. The summed E-state index contributed by atoms with van der Waals surface area (Å²) in [7, 11) is 4.08. The fourth-order valence-electron chi connectivity index (χ4n) is 4.81. The molecule has 4 rings (SSSR count). The van der Waals surface area contributed by atoms with E-state index in [-0.39, 0.29) is 5.57 Å². The molecule has 1 fully saturated rings. The molecule has 3 aromatic rings. The number of nitrogens with one attached hydrogen (secondary N) is 1. The molecule has 1 aliphatic heterocycles. The Morgan fingerprint density at radius 3 is 2.33 bits per heavy atom. The maximum Gasteiger partial charge on any atom is 0.295 e. The Bertz CT molecular complexity index is 1330. The van der Waals surface area contributed by atoms with Gasteiger partial charge in [0.25, 0.3) is 5.91 Å². The summed E-state index contributed by atoms with van der Waals surface area (Å²) in [6, 6.07) is 21.5. The fourth-order valence-corrected chi connectivity index (χ4v) is 4.81. The van der Waals surface area contributed by atoms with Crippen molar-refractivity contribution >= 4 is 17.4 Å². The second kappa shape index (κ2) is 12.6. The van der Waals surface area contributed by atoms with Crippen molar-refractivity contribution in [2.75, 3.05) is 33.8 Å². The van der Waals surface area contributed by atoms with Gasteiger partial charge in [0.2, 0.25) is 5.78 Å². The van der Waals surface area contributed by atoms with Gasteiger partial charge in [-0.05, 0) is 60.4 Å². The summed E-state index contributed by atoms with van der Waals surface area (Å²) in [5, 5.41) is 13.8. The van der Waals surface area contributed by atoms with Crippen LogP contribution < -0.4 is 19.5 Å². The first-order valence-electron chi connectivity index (χ1n) is 13.4. The van der Waals surface area contributed by atoms with E-state index in [1.165, 1.54) is 4.90 Å². The first-order valence-corrected chi connectivity index (χ1v) is 13.4. The molecule has 1 N–H and O–H groups in total. The van der Waals surface area contributed by atoms with Crippen molar-refractivity contribution in [3.8, 4) is 11.5 Å². The van der Waals surface area contributed by atoms with Crippen molar-refractivity contribution in [1.29, 1.82) is 0 Å². The van der Waals surface area contributed by atoms with Crippen molar-refractivity contribution in [2.45, 2.75) is 32.9 Å². The number of hydrogen-bond acceptors (Lipinski definition) is 5. The largest absolute Gasteiger partial charge is 0.872 e. The van der Waals surface area contributed by atoms with Crippen LogP contribution in [0.2, 0.25) is 0 Å². The van der Waals surface area contributed by atoms with Crippen LogP contribution in [0, 0.1) is 6.92 Å². The maximum atomic E-state index is 13.8. The number of carbonyl (C=O) groups excluding carboxylic acids is 2. The minimum absolute atomic E-state index is 0.0151. The van der Waals surface area contributed by atoms with Gasteiger partial charge in [-0.2, -0.15) is 0 Å². The number of aryl methyl sites for hydroxylation is 1. The minimum atomic E-state index is -0.750. The molecule has 1 unspecified atom stereocenters. The van der Waals surface area contributed by atoms with E-state index in [0.29, 0.717) is 48.8 Å². The Labute approximate surface area is 230 Å². The molecule has 3 aromatic carbocycles. The van der Waals surface area contributed by atoms with Crippen LogP contribution in [0.25, 0.3) is 5.76 Å². The molecule has 1 aliphatic rings. The SMILES string of the molecule is CCOc1ccc(C2/C(=C(\[O-])c3ccc(OCc4ccccc4)c(C)c3)C(=O)C(=O)N2CCC[NH+](C)C)cc1. The zero-order valence-electron chi connectivity index (χ0n) is 23.0. The highest BCUT2D eigenvalue weighted by atomic mass is 16.5.